The van der Waals surface area contributed by atoms with Gasteiger partial charge < -0.3 is 9.47 Å². The second kappa shape index (κ2) is 6.89. The highest BCUT2D eigenvalue weighted by atomic mass is 79.9. The smallest absolute Gasteiger partial charge is 0.347 e. The molecule has 0 aliphatic heterocycles. The summed E-state index contributed by atoms with van der Waals surface area (Å²) in [6.07, 6.45) is 0. The first kappa shape index (κ1) is 17.4. The van der Waals surface area contributed by atoms with Crippen molar-refractivity contribution < 1.29 is 19.1 Å². The molecular formula is C16H19BrO4. The van der Waals surface area contributed by atoms with Crippen LogP contribution >= 0.6 is 15.9 Å². The van der Waals surface area contributed by atoms with Crippen LogP contribution in [0.2, 0.25) is 0 Å². The van der Waals surface area contributed by atoms with Crippen LogP contribution in [0.15, 0.2) is 29.8 Å². The number of ether oxygens (including phenoxy) is 2. The number of hydrogen-bond donors (Lipinski definition) is 0. The van der Waals surface area contributed by atoms with E-state index < -0.39 is 17.5 Å². The summed E-state index contributed by atoms with van der Waals surface area (Å²) in [6, 6.07) is 7.40. The van der Waals surface area contributed by atoms with Crippen molar-refractivity contribution in [3.8, 4) is 0 Å². The molecule has 114 valence electrons. The lowest BCUT2D eigenvalue weighted by molar-refractivity contribution is -0.153. The molecule has 0 heterocycles. The average Bonchev–Trinajstić information content (AvgIpc) is 2.37. The highest BCUT2D eigenvalue weighted by Crippen LogP contribution is 2.28. The maximum atomic E-state index is 12.2. The molecule has 0 spiro atoms. The minimum absolute atomic E-state index is 0.156. The van der Waals surface area contributed by atoms with Gasteiger partial charge >= 0.3 is 11.9 Å². The Morgan fingerprint density at radius 3 is 2.00 bits per heavy atom. The molecule has 0 N–H and O–H groups in total. The fourth-order valence-corrected chi connectivity index (χ4v) is 2.13. The molecule has 4 nitrogen and oxygen atoms in total. The van der Waals surface area contributed by atoms with Crippen molar-refractivity contribution in [2.24, 2.45) is 0 Å². The summed E-state index contributed by atoms with van der Waals surface area (Å²) in [5, 5.41) is 0. The molecule has 0 saturated heterocycles. The third-order valence-electron chi connectivity index (χ3n) is 2.52. The van der Waals surface area contributed by atoms with Crippen molar-refractivity contribution >= 4 is 32.4 Å². The number of carbonyl (C=O) groups excluding carboxylic acids is 2. The zero-order chi connectivity index (χ0) is 16.2. The minimum Gasteiger partial charge on any atom is -0.465 e. The minimum atomic E-state index is -0.739. The molecule has 21 heavy (non-hydrogen) atoms. The molecule has 0 saturated carbocycles. The van der Waals surface area contributed by atoms with E-state index in [1.54, 1.807) is 20.8 Å². The number of methoxy groups -OCH3 is 1. The largest absolute Gasteiger partial charge is 0.465 e. The first-order valence-electron chi connectivity index (χ1n) is 6.44. The maximum Gasteiger partial charge on any atom is 0.347 e. The summed E-state index contributed by atoms with van der Waals surface area (Å²) < 4.78 is 10.3. The van der Waals surface area contributed by atoms with Crippen LogP contribution in [0.3, 0.4) is 0 Å². The Morgan fingerprint density at radius 2 is 1.57 bits per heavy atom. The average molecular weight is 355 g/mol. The highest BCUT2D eigenvalue weighted by molar-refractivity contribution is 9.15. The first-order valence-corrected chi connectivity index (χ1v) is 7.23. The van der Waals surface area contributed by atoms with E-state index in [-0.39, 0.29) is 5.57 Å². The molecule has 0 aliphatic rings. The van der Waals surface area contributed by atoms with Gasteiger partial charge in [0.2, 0.25) is 0 Å². The molecule has 0 atom stereocenters. The Labute approximate surface area is 133 Å². The molecule has 0 amide bonds. The van der Waals surface area contributed by atoms with Crippen LogP contribution in [0.5, 0.6) is 0 Å². The molecule has 0 fully saturated rings. The van der Waals surface area contributed by atoms with E-state index in [2.05, 4.69) is 20.7 Å². The normalized spacial score (nSPS) is 12.5. The van der Waals surface area contributed by atoms with Gasteiger partial charge in [0.05, 0.1) is 7.11 Å². The van der Waals surface area contributed by atoms with Gasteiger partial charge in [0.15, 0.2) is 5.57 Å². The molecule has 0 aromatic heterocycles. The molecular weight excluding hydrogens is 336 g/mol. The summed E-state index contributed by atoms with van der Waals surface area (Å²) in [6.45, 7) is 7.16. The Hall–Kier alpha value is -1.62. The van der Waals surface area contributed by atoms with Gasteiger partial charge in [-0.3, -0.25) is 0 Å². The number of hydrogen-bond acceptors (Lipinski definition) is 4. The van der Waals surface area contributed by atoms with Crippen molar-refractivity contribution in [1.82, 2.24) is 0 Å². The second-order valence-electron chi connectivity index (χ2n) is 5.55. The summed E-state index contributed by atoms with van der Waals surface area (Å²) in [4.78, 5) is 24.1. The van der Waals surface area contributed by atoms with Crippen LogP contribution < -0.4 is 0 Å². The molecule has 1 rings (SSSR count). The third kappa shape index (κ3) is 5.01. The second-order valence-corrected chi connectivity index (χ2v) is 6.34. The number of esters is 2. The van der Waals surface area contributed by atoms with Gasteiger partial charge in [-0.15, -0.1) is 0 Å². The van der Waals surface area contributed by atoms with E-state index in [1.807, 2.05) is 31.2 Å². The maximum absolute atomic E-state index is 12.2. The first-order chi connectivity index (χ1) is 9.65. The number of halogens is 1. The quantitative estimate of drug-likeness (QED) is 0.360. The number of aryl methyl sites for hydroxylation is 1. The van der Waals surface area contributed by atoms with E-state index >= 15 is 0 Å². The van der Waals surface area contributed by atoms with Crippen LogP contribution in [0.1, 0.15) is 31.9 Å². The van der Waals surface area contributed by atoms with Crippen molar-refractivity contribution in [3.05, 3.63) is 41.0 Å². The lowest BCUT2D eigenvalue weighted by Gasteiger charge is -2.20. The van der Waals surface area contributed by atoms with Gasteiger partial charge in [0, 0.05) is 4.48 Å². The van der Waals surface area contributed by atoms with Crippen molar-refractivity contribution in [1.29, 1.82) is 0 Å². The van der Waals surface area contributed by atoms with Crippen molar-refractivity contribution in [3.63, 3.8) is 0 Å². The Morgan fingerprint density at radius 1 is 1.05 bits per heavy atom. The van der Waals surface area contributed by atoms with Crippen molar-refractivity contribution in [2.45, 2.75) is 33.3 Å². The van der Waals surface area contributed by atoms with Crippen LogP contribution in [0.25, 0.3) is 4.48 Å². The van der Waals surface area contributed by atoms with E-state index in [0.717, 1.165) is 5.56 Å². The fourth-order valence-electron chi connectivity index (χ4n) is 1.54. The molecule has 0 unspecified atom stereocenters. The lowest BCUT2D eigenvalue weighted by Crippen LogP contribution is -2.28. The van der Waals surface area contributed by atoms with Gasteiger partial charge in [-0.2, -0.15) is 0 Å². The zero-order valence-corrected chi connectivity index (χ0v) is 14.4. The Balaban J connectivity index is 3.29. The van der Waals surface area contributed by atoms with Gasteiger partial charge in [-0.25, -0.2) is 9.59 Å². The van der Waals surface area contributed by atoms with Crippen molar-refractivity contribution in [2.75, 3.05) is 7.11 Å². The predicted octanol–water partition coefficient (Wildman–Crippen LogP) is 3.62. The SMILES string of the molecule is COC(=O)/C(C(=O)OC(C)(C)C)=C(/Br)c1ccc(C)cc1. The van der Waals surface area contributed by atoms with Gasteiger partial charge in [-0.05, 0) is 49.2 Å². The summed E-state index contributed by atoms with van der Waals surface area (Å²) in [5.74, 6) is -1.46. The van der Waals surface area contributed by atoms with Gasteiger partial charge in [0.25, 0.3) is 0 Å². The number of carbonyl (C=O) groups is 2. The van der Waals surface area contributed by atoms with E-state index in [9.17, 15) is 9.59 Å². The van der Waals surface area contributed by atoms with E-state index in [1.165, 1.54) is 7.11 Å². The Kier molecular flexibility index (Phi) is 5.72. The topological polar surface area (TPSA) is 52.6 Å². The number of benzene rings is 1. The van der Waals surface area contributed by atoms with Crippen LogP contribution in [0, 0.1) is 6.92 Å². The summed E-state index contributed by atoms with van der Waals surface area (Å²) in [5.41, 5.74) is 0.927. The van der Waals surface area contributed by atoms with E-state index in [0.29, 0.717) is 10.0 Å². The van der Waals surface area contributed by atoms with Crippen LogP contribution in [-0.4, -0.2) is 24.6 Å². The van der Waals surface area contributed by atoms with Gasteiger partial charge in [-0.1, -0.05) is 29.8 Å². The van der Waals surface area contributed by atoms with Crippen LogP contribution in [-0.2, 0) is 19.1 Å². The van der Waals surface area contributed by atoms with Gasteiger partial charge in [0.1, 0.15) is 5.60 Å². The molecule has 0 radical (unpaired) electrons. The standard InChI is InChI=1S/C16H19BrO4/c1-10-6-8-11(9-7-10)13(17)12(14(18)20-5)15(19)21-16(2,3)4/h6-9H,1-5H3/b13-12-. The molecule has 0 bridgehead atoms. The third-order valence-corrected chi connectivity index (χ3v) is 3.37. The fraction of sp³-hybridized carbons (Fsp3) is 0.375. The summed E-state index contributed by atoms with van der Waals surface area (Å²) in [7, 11) is 1.22. The molecule has 1 aromatic rings. The Bertz CT molecular complexity index is 565. The highest BCUT2D eigenvalue weighted by Gasteiger charge is 2.28. The summed E-state index contributed by atoms with van der Waals surface area (Å²) >= 11 is 3.30. The molecule has 0 aliphatic carbocycles. The molecule has 5 heteroatoms. The molecule has 1 aromatic carbocycles. The van der Waals surface area contributed by atoms with E-state index in [4.69, 9.17) is 4.74 Å². The van der Waals surface area contributed by atoms with Crippen LogP contribution in [0.4, 0.5) is 0 Å². The number of rotatable bonds is 3. The predicted molar refractivity (Wildman–Crippen MR) is 84.9 cm³/mol. The zero-order valence-electron chi connectivity index (χ0n) is 12.8. The lowest BCUT2D eigenvalue weighted by atomic mass is 10.1. The monoisotopic (exact) mass is 354 g/mol.